The predicted octanol–water partition coefficient (Wildman–Crippen LogP) is 3.27. The van der Waals surface area contributed by atoms with Gasteiger partial charge in [0.05, 0.1) is 5.92 Å². The third-order valence-electron chi connectivity index (χ3n) is 5.14. The van der Waals surface area contributed by atoms with Gasteiger partial charge in [-0.15, -0.1) is 0 Å². The van der Waals surface area contributed by atoms with E-state index in [9.17, 15) is 19.1 Å². The highest BCUT2D eigenvalue weighted by atomic mass is 19.1. The summed E-state index contributed by atoms with van der Waals surface area (Å²) in [6.07, 6.45) is 2.10. The van der Waals surface area contributed by atoms with E-state index in [0.717, 1.165) is 12.8 Å². The molecule has 1 aromatic carbocycles. The average Bonchev–Trinajstić information content (AvgIpc) is 3.16. The predicted molar refractivity (Wildman–Crippen MR) is 87.3 cm³/mol. The molecule has 4 rings (SSSR count). The summed E-state index contributed by atoms with van der Waals surface area (Å²) in [5.74, 6) is -0.840. The normalized spacial score (nSPS) is 23.0. The van der Waals surface area contributed by atoms with E-state index in [1.54, 1.807) is 29.2 Å². The van der Waals surface area contributed by atoms with E-state index in [2.05, 4.69) is 0 Å². The fourth-order valence-corrected chi connectivity index (χ4v) is 3.64. The summed E-state index contributed by atoms with van der Waals surface area (Å²) in [7, 11) is 0. The monoisotopic (exact) mass is 343 g/mol. The number of amides is 1. The van der Waals surface area contributed by atoms with Gasteiger partial charge in [-0.25, -0.2) is 4.39 Å². The Hall–Kier alpha value is -2.63. The highest BCUT2D eigenvalue weighted by molar-refractivity contribution is 5.93. The molecule has 0 unspecified atom stereocenters. The number of likely N-dealkylation sites (tertiary alicyclic amines) is 1. The maximum absolute atomic E-state index is 13.0. The number of rotatable bonds is 4. The molecule has 5 nitrogen and oxygen atoms in total. The van der Waals surface area contributed by atoms with Crippen molar-refractivity contribution in [2.75, 3.05) is 13.1 Å². The Bertz CT molecular complexity index is 809. The first kappa shape index (κ1) is 15.9. The SMILES string of the molecule is O=C(O)[C@H]1CN(C(=O)c2ccc(-c3ccc(F)cc3)o2)C[C@@H]1C1CC1. The Labute approximate surface area is 144 Å². The van der Waals surface area contributed by atoms with Crippen LogP contribution in [0.15, 0.2) is 40.8 Å². The quantitative estimate of drug-likeness (QED) is 0.925. The van der Waals surface area contributed by atoms with Gasteiger partial charge in [0.15, 0.2) is 5.76 Å². The van der Waals surface area contributed by atoms with Gasteiger partial charge in [0.2, 0.25) is 0 Å². The number of carboxylic acid groups (broad SMARTS) is 1. The summed E-state index contributed by atoms with van der Waals surface area (Å²) >= 11 is 0. The summed E-state index contributed by atoms with van der Waals surface area (Å²) in [5, 5.41) is 9.41. The molecular formula is C19H18FNO4. The van der Waals surface area contributed by atoms with Gasteiger partial charge in [0.1, 0.15) is 11.6 Å². The maximum Gasteiger partial charge on any atom is 0.308 e. The lowest BCUT2D eigenvalue weighted by Crippen LogP contribution is -2.29. The summed E-state index contributed by atoms with van der Waals surface area (Å²) in [6.45, 7) is 0.689. The van der Waals surface area contributed by atoms with E-state index in [0.29, 0.717) is 23.8 Å². The number of carbonyl (C=O) groups is 2. The van der Waals surface area contributed by atoms with Crippen LogP contribution in [0.5, 0.6) is 0 Å². The van der Waals surface area contributed by atoms with E-state index in [1.165, 1.54) is 12.1 Å². The number of hydrogen-bond acceptors (Lipinski definition) is 3. The first-order valence-corrected chi connectivity index (χ1v) is 8.41. The minimum Gasteiger partial charge on any atom is -0.481 e. The lowest BCUT2D eigenvalue weighted by Gasteiger charge is -2.14. The van der Waals surface area contributed by atoms with Crippen molar-refractivity contribution >= 4 is 11.9 Å². The first-order chi connectivity index (χ1) is 12.0. The Morgan fingerprint density at radius 2 is 1.80 bits per heavy atom. The van der Waals surface area contributed by atoms with Gasteiger partial charge < -0.3 is 14.4 Å². The third kappa shape index (κ3) is 3.04. The largest absolute Gasteiger partial charge is 0.481 e. The van der Waals surface area contributed by atoms with Crippen molar-refractivity contribution in [2.24, 2.45) is 17.8 Å². The van der Waals surface area contributed by atoms with Crippen LogP contribution < -0.4 is 0 Å². The molecule has 0 radical (unpaired) electrons. The molecule has 0 spiro atoms. The van der Waals surface area contributed by atoms with Crippen LogP contribution in [0.25, 0.3) is 11.3 Å². The van der Waals surface area contributed by atoms with Crippen LogP contribution in [0.1, 0.15) is 23.4 Å². The molecule has 2 atom stereocenters. The molecule has 25 heavy (non-hydrogen) atoms. The van der Waals surface area contributed by atoms with Crippen LogP contribution in [0.4, 0.5) is 4.39 Å². The number of furan rings is 1. The average molecular weight is 343 g/mol. The standard InChI is InChI=1S/C19H18FNO4/c20-13-5-3-12(4-6-13)16-7-8-17(25-16)18(22)21-9-14(11-1-2-11)15(10-21)19(23)24/h3-8,11,14-15H,1-2,9-10H2,(H,23,24)/t14-,15+/m1/s1. The Kier molecular flexibility index (Phi) is 3.82. The molecule has 130 valence electrons. The molecule has 1 N–H and O–H groups in total. The fourth-order valence-electron chi connectivity index (χ4n) is 3.64. The lowest BCUT2D eigenvalue weighted by atomic mass is 9.92. The number of aliphatic carboxylic acids is 1. The topological polar surface area (TPSA) is 70.8 Å². The summed E-state index contributed by atoms with van der Waals surface area (Å²) < 4.78 is 18.6. The van der Waals surface area contributed by atoms with Gasteiger partial charge in [-0.2, -0.15) is 0 Å². The zero-order valence-electron chi connectivity index (χ0n) is 13.5. The van der Waals surface area contributed by atoms with Gasteiger partial charge in [-0.1, -0.05) is 0 Å². The Balaban J connectivity index is 1.51. The third-order valence-corrected chi connectivity index (χ3v) is 5.14. The van der Waals surface area contributed by atoms with Crippen molar-refractivity contribution in [3.05, 3.63) is 48.0 Å². The van der Waals surface area contributed by atoms with Crippen molar-refractivity contribution in [3.8, 4) is 11.3 Å². The number of carboxylic acids is 1. The molecular weight excluding hydrogens is 325 g/mol. The Morgan fingerprint density at radius 1 is 1.08 bits per heavy atom. The second-order valence-corrected chi connectivity index (χ2v) is 6.83. The van der Waals surface area contributed by atoms with Gasteiger partial charge in [-0.3, -0.25) is 9.59 Å². The smallest absolute Gasteiger partial charge is 0.308 e. The molecule has 1 amide bonds. The van der Waals surface area contributed by atoms with E-state index in [-0.39, 0.29) is 29.9 Å². The molecule has 2 heterocycles. The molecule has 1 saturated carbocycles. The highest BCUT2D eigenvalue weighted by Gasteiger charge is 2.47. The number of hydrogen-bond donors (Lipinski definition) is 1. The highest BCUT2D eigenvalue weighted by Crippen LogP contribution is 2.44. The molecule has 0 bridgehead atoms. The van der Waals surface area contributed by atoms with Crippen LogP contribution >= 0.6 is 0 Å². The fraction of sp³-hybridized carbons (Fsp3) is 0.368. The number of benzene rings is 1. The summed E-state index contributed by atoms with van der Waals surface area (Å²) in [6, 6.07) is 9.09. The van der Waals surface area contributed by atoms with Crippen LogP contribution in [0.2, 0.25) is 0 Å². The molecule has 1 aromatic heterocycles. The van der Waals surface area contributed by atoms with Crippen molar-refractivity contribution in [3.63, 3.8) is 0 Å². The van der Waals surface area contributed by atoms with E-state index in [1.807, 2.05) is 0 Å². The van der Waals surface area contributed by atoms with Crippen LogP contribution in [-0.2, 0) is 4.79 Å². The summed E-state index contributed by atoms with van der Waals surface area (Å²) in [5.41, 5.74) is 0.682. The zero-order valence-corrected chi connectivity index (χ0v) is 13.5. The zero-order chi connectivity index (χ0) is 17.6. The molecule has 1 saturated heterocycles. The lowest BCUT2D eigenvalue weighted by molar-refractivity contribution is -0.142. The Morgan fingerprint density at radius 3 is 2.44 bits per heavy atom. The van der Waals surface area contributed by atoms with E-state index < -0.39 is 11.9 Å². The van der Waals surface area contributed by atoms with Crippen molar-refractivity contribution < 1.29 is 23.5 Å². The molecule has 2 aliphatic rings. The minimum atomic E-state index is -0.835. The van der Waals surface area contributed by atoms with Crippen molar-refractivity contribution in [1.82, 2.24) is 4.90 Å². The van der Waals surface area contributed by atoms with Crippen LogP contribution in [-0.4, -0.2) is 35.0 Å². The van der Waals surface area contributed by atoms with Gasteiger partial charge >= 0.3 is 5.97 Å². The van der Waals surface area contributed by atoms with E-state index >= 15 is 0 Å². The molecule has 2 aromatic rings. The van der Waals surface area contributed by atoms with Gasteiger partial charge in [-0.05, 0) is 61.1 Å². The number of halogens is 1. The first-order valence-electron chi connectivity index (χ1n) is 8.41. The summed E-state index contributed by atoms with van der Waals surface area (Å²) in [4.78, 5) is 25.7. The molecule has 1 aliphatic heterocycles. The van der Waals surface area contributed by atoms with Crippen molar-refractivity contribution in [1.29, 1.82) is 0 Å². The van der Waals surface area contributed by atoms with Gasteiger partial charge in [0.25, 0.3) is 5.91 Å². The van der Waals surface area contributed by atoms with Gasteiger partial charge in [0, 0.05) is 18.7 Å². The second-order valence-electron chi connectivity index (χ2n) is 6.83. The maximum atomic E-state index is 13.0. The van der Waals surface area contributed by atoms with Crippen molar-refractivity contribution in [2.45, 2.75) is 12.8 Å². The van der Waals surface area contributed by atoms with Crippen LogP contribution in [0.3, 0.4) is 0 Å². The minimum absolute atomic E-state index is 0.0352. The van der Waals surface area contributed by atoms with Crippen LogP contribution in [0, 0.1) is 23.6 Å². The number of nitrogens with zero attached hydrogens (tertiary/aromatic N) is 1. The second kappa shape index (κ2) is 6.02. The molecule has 6 heteroatoms. The van der Waals surface area contributed by atoms with E-state index in [4.69, 9.17) is 4.42 Å². The molecule has 2 fully saturated rings. The molecule has 1 aliphatic carbocycles. The number of carbonyl (C=O) groups excluding carboxylic acids is 1.